The Hall–Kier alpha value is -1.85. The van der Waals surface area contributed by atoms with Gasteiger partial charge in [0.2, 0.25) is 0 Å². The fraction of sp³-hybridized carbons (Fsp3) is 0.438. The third kappa shape index (κ3) is 2.22. The second-order valence-corrected chi connectivity index (χ2v) is 5.85. The van der Waals surface area contributed by atoms with Gasteiger partial charge in [-0.3, -0.25) is 4.90 Å². The van der Waals surface area contributed by atoms with E-state index in [0.29, 0.717) is 41.0 Å². The fourth-order valence-corrected chi connectivity index (χ4v) is 3.47. The number of para-hydroxylation sites is 1. The van der Waals surface area contributed by atoms with Gasteiger partial charge >= 0.3 is 5.97 Å². The molecule has 2 unspecified atom stereocenters. The maximum atomic E-state index is 11.6. The van der Waals surface area contributed by atoms with Gasteiger partial charge in [0.25, 0.3) is 0 Å². The summed E-state index contributed by atoms with van der Waals surface area (Å²) in [7, 11) is 0. The number of fused-ring (bicyclic) bond motifs is 3. The van der Waals surface area contributed by atoms with Crippen molar-refractivity contribution in [3.8, 4) is 0 Å². The van der Waals surface area contributed by atoms with Gasteiger partial charge in [0.15, 0.2) is 0 Å². The van der Waals surface area contributed by atoms with Crippen LogP contribution < -0.4 is 0 Å². The Balaban J connectivity index is 1.66. The molecule has 0 radical (unpaired) electrons. The molecule has 4 rings (SSSR count). The largest absolute Gasteiger partial charge is 0.478 e. The summed E-state index contributed by atoms with van der Waals surface area (Å²) in [6.45, 7) is 2.24. The molecule has 0 spiro atoms. The van der Waals surface area contributed by atoms with Crippen LogP contribution >= 0.6 is 0 Å². The van der Waals surface area contributed by atoms with Gasteiger partial charge in [0.1, 0.15) is 16.9 Å². The quantitative estimate of drug-likeness (QED) is 0.939. The van der Waals surface area contributed by atoms with E-state index in [4.69, 9.17) is 9.15 Å². The first kappa shape index (κ1) is 12.9. The summed E-state index contributed by atoms with van der Waals surface area (Å²) in [6.07, 6.45) is 2.79. The van der Waals surface area contributed by atoms with Gasteiger partial charge < -0.3 is 14.3 Å². The summed E-state index contributed by atoms with van der Waals surface area (Å²) < 4.78 is 11.6. The zero-order chi connectivity index (χ0) is 14.4. The first-order chi connectivity index (χ1) is 10.2. The predicted molar refractivity (Wildman–Crippen MR) is 76.3 cm³/mol. The van der Waals surface area contributed by atoms with Gasteiger partial charge in [0.05, 0.1) is 18.8 Å². The monoisotopic (exact) mass is 287 g/mol. The van der Waals surface area contributed by atoms with E-state index in [1.165, 1.54) is 0 Å². The Morgan fingerprint density at radius 2 is 1.95 bits per heavy atom. The summed E-state index contributed by atoms with van der Waals surface area (Å²) in [5, 5.41) is 10.2. The summed E-state index contributed by atoms with van der Waals surface area (Å²) in [4.78, 5) is 13.8. The van der Waals surface area contributed by atoms with Crippen LogP contribution in [-0.4, -0.2) is 41.3 Å². The molecule has 2 saturated heterocycles. The minimum absolute atomic E-state index is 0.293. The highest BCUT2D eigenvalue weighted by atomic mass is 16.5. The number of nitrogens with zero attached hydrogens (tertiary/aromatic N) is 1. The zero-order valence-electron chi connectivity index (χ0n) is 11.6. The van der Waals surface area contributed by atoms with E-state index in [-0.39, 0.29) is 0 Å². The van der Waals surface area contributed by atoms with Crippen molar-refractivity contribution >= 4 is 16.9 Å². The van der Waals surface area contributed by atoms with Crippen molar-refractivity contribution in [3.05, 3.63) is 35.6 Å². The highest BCUT2D eigenvalue weighted by Gasteiger charge is 2.34. The molecule has 2 bridgehead atoms. The minimum atomic E-state index is -0.925. The smallest absolute Gasteiger partial charge is 0.339 e. The third-order valence-electron chi connectivity index (χ3n) is 4.37. The summed E-state index contributed by atoms with van der Waals surface area (Å²) in [5.41, 5.74) is 0.936. The first-order valence-corrected chi connectivity index (χ1v) is 7.32. The summed E-state index contributed by atoms with van der Waals surface area (Å²) >= 11 is 0. The standard InChI is InChI=1S/C16H17NO4/c18-16(19)15-12-3-1-2-4-13(12)21-14(15)9-17-7-10-5-6-11(8-17)20-10/h1-4,10-11H,5-9H2,(H,18,19). The number of furan rings is 1. The van der Waals surface area contributed by atoms with Crippen LogP contribution in [0.1, 0.15) is 29.0 Å². The lowest BCUT2D eigenvalue weighted by atomic mass is 10.1. The van der Waals surface area contributed by atoms with Crippen LogP contribution in [0.25, 0.3) is 11.0 Å². The van der Waals surface area contributed by atoms with E-state index in [9.17, 15) is 9.90 Å². The highest BCUT2D eigenvalue weighted by molar-refractivity contribution is 6.03. The van der Waals surface area contributed by atoms with Crippen LogP contribution in [0.15, 0.2) is 28.7 Å². The lowest BCUT2D eigenvalue weighted by molar-refractivity contribution is -0.0426. The molecule has 0 amide bonds. The molecule has 110 valence electrons. The number of hydrogen-bond donors (Lipinski definition) is 1. The summed E-state index contributed by atoms with van der Waals surface area (Å²) in [6, 6.07) is 7.31. The number of carboxylic acids is 1. The van der Waals surface area contributed by atoms with Crippen molar-refractivity contribution in [2.24, 2.45) is 0 Å². The topological polar surface area (TPSA) is 62.9 Å². The SMILES string of the molecule is O=C(O)c1c(CN2CC3CCC(C2)O3)oc2ccccc12. The maximum Gasteiger partial charge on any atom is 0.339 e. The van der Waals surface area contributed by atoms with Crippen LogP contribution in [0.4, 0.5) is 0 Å². The molecule has 2 aliphatic rings. The second-order valence-electron chi connectivity index (χ2n) is 5.85. The molecule has 2 aliphatic heterocycles. The van der Waals surface area contributed by atoms with Crippen molar-refractivity contribution in [1.82, 2.24) is 4.90 Å². The molecule has 2 aromatic rings. The molecule has 1 aromatic heterocycles. The maximum absolute atomic E-state index is 11.6. The van der Waals surface area contributed by atoms with Crippen molar-refractivity contribution in [3.63, 3.8) is 0 Å². The van der Waals surface area contributed by atoms with E-state index >= 15 is 0 Å². The molecule has 0 saturated carbocycles. The minimum Gasteiger partial charge on any atom is -0.478 e. The Morgan fingerprint density at radius 3 is 2.67 bits per heavy atom. The van der Waals surface area contributed by atoms with Gasteiger partial charge in [-0.25, -0.2) is 4.79 Å². The normalized spacial score (nSPS) is 25.5. The van der Waals surface area contributed by atoms with Crippen LogP contribution in [-0.2, 0) is 11.3 Å². The molecule has 2 fully saturated rings. The molecule has 1 aromatic carbocycles. The van der Waals surface area contributed by atoms with Crippen LogP contribution in [0.3, 0.4) is 0 Å². The van der Waals surface area contributed by atoms with E-state index in [0.717, 1.165) is 25.9 Å². The van der Waals surface area contributed by atoms with Crippen LogP contribution in [0.5, 0.6) is 0 Å². The van der Waals surface area contributed by atoms with Gasteiger partial charge in [-0.15, -0.1) is 0 Å². The molecule has 2 atom stereocenters. The van der Waals surface area contributed by atoms with Crippen LogP contribution in [0.2, 0.25) is 0 Å². The van der Waals surface area contributed by atoms with Gasteiger partial charge in [0, 0.05) is 18.5 Å². The third-order valence-corrected chi connectivity index (χ3v) is 4.37. The van der Waals surface area contributed by atoms with Crippen molar-refractivity contribution in [1.29, 1.82) is 0 Å². The highest BCUT2D eigenvalue weighted by Crippen LogP contribution is 2.30. The number of carbonyl (C=O) groups is 1. The lowest BCUT2D eigenvalue weighted by Gasteiger charge is -2.31. The Morgan fingerprint density at radius 1 is 1.24 bits per heavy atom. The number of ether oxygens (including phenoxy) is 1. The predicted octanol–water partition coefficient (Wildman–Crippen LogP) is 2.49. The first-order valence-electron chi connectivity index (χ1n) is 7.32. The van der Waals surface area contributed by atoms with E-state index in [2.05, 4.69) is 4.90 Å². The number of hydrogen-bond acceptors (Lipinski definition) is 4. The summed E-state index contributed by atoms with van der Waals surface area (Å²) in [5.74, 6) is -0.379. The molecule has 1 N–H and O–H groups in total. The van der Waals surface area contributed by atoms with Gasteiger partial charge in [-0.05, 0) is 18.9 Å². The Bertz CT molecular complexity index is 681. The van der Waals surface area contributed by atoms with E-state index in [1.807, 2.05) is 18.2 Å². The van der Waals surface area contributed by atoms with Crippen molar-refractivity contribution < 1.29 is 19.1 Å². The second kappa shape index (κ2) is 4.86. The zero-order valence-corrected chi connectivity index (χ0v) is 11.6. The molecular weight excluding hydrogens is 270 g/mol. The number of aromatic carboxylic acids is 1. The number of morpholine rings is 1. The fourth-order valence-electron chi connectivity index (χ4n) is 3.47. The molecule has 21 heavy (non-hydrogen) atoms. The Kier molecular flexibility index (Phi) is 2.97. The van der Waals surface area contributed by atoms with Crippen molar-refractivity contribution in [2.75, 3.05) is 13.1 Å². The lowest BCUT2D eigenvalue weighted by Crippen LogP contribution is -2.42. The Labute approximate surface area is 122 Å². The molecule has 5 nitrogen and oxygen atoms in total. The number of benzene rings is 1. The van der Waals surface area contributed by atoms with E-state index in [1.54, 1.807) is 6.07 Å². The molecular formula is C16H17NO4. The number of likely N-dealkylation sites (tertiary alicyclic amines) is 1. The molecule has 3 heterocycles. The molecule has 5 heteroatoms. The molecule has 0 aliphatic carbocycles. The van der Waals surface area contributed by atoms with Crippen molar-refractivity contribution in [2.45, 2.75) is 31.6 Å². The van der Waals surface area contributed by atoms with Crippen LogP contribution in [0, 0.1) is 0 Å². The van der Waals surface area contributed by atoms with Gasteiger partial charge in [-0.2, -0.15) is 0 Å². The number of carboxylic acid groups (broad SMARTS) is 1. The average Bonchev–Trinajstić information content (AvgIpc) is 2.98. The van der Waals surface area contributed by atoms with Gasteiger partial charge in [-0.1, -0.05) is 18.2 Å². The number of rotatable bonds is 3. The van der Waals surface area contributed by atoms with E-state index < -0.39 is 5.97 Å². The average molecular weight is 287 g/mol.